The summed E-state index contributed by atoms with van der Waals surface area (Å²) in [7, 11) is 0. The van der Waals surface area contributed by atoms with E-state index in [0.717, 1.165) is 25.6 Å². The Kier molecular flexibility index (Phi) is 5.69. The van der Waals surface area contributed by atoms with Crippen LogP contribution >= 0.6 is 31.9 Å². The van der Waals surface area contributed by atoms with Gasteiger partial charge in [0.25, 0.3) is 0 Å². The molecule has 0 aromatic heterocycles. The van der Waals surface area contributed by atoms with Crippen LogP contribution in [0, 0.1) is 18.3 Å². The molecular weight excluding hydrogens is 552 g/mol. The van der Waals surface area contributed by atoms with Gasteiger partial charge in [-0.15, -0.1) is 0 Å². The van der Waals surface area contributed by atoms with Crippen LogP contribution < -0.4 is 24.7 Å². The zero-order valence-electron chi connectivity index (χ0n) is 17.5. The zero-order valence-corrected chi connectivity index (χ0v) is 20.7. The van der Waals surface area contributed by atoms with E-state index in [2.05, 4.69) is 57.0 Å². The summed E-state index contributed by atoms with van der Waals surface area (Å²) >= 11 is 7.27. The fourth-order valence-corrected chi connectivity index (χ4v) is 5.36. The Bertz CT molecular complexity index is 1310. The van der Waals surface area contributed by atoms with E-state index in [1.54, 1.807) is 6.07 Å². The summed E-state index contributed by atoms with van der Waals surface area (Å²) < 4.78 is 24.3. The lowest BCUT2D eigenvalue weighted by Gasteiger charge is -2.27. The molecule has 166 valence electrons. The Morgan fingerprint density at radius 3 is 2.36 bits per heavy atom. The van der Waals surface area contributed by atoms with Gasteiger partial charge in [-0.25, -0.2) is 0 Å². The number of ether oxygens (including phenoxy) is 4. The van der Waals surface area contributed by atoms with Gasteiger partial charge in [0.2, 0.25) is 12.7 Å². The molecule has 0 spiro atoms. The average molecular weight is 570 g/mol. The molecule has 8 heteroatoms. The van der Waals surface area contributed by atoms with Crippen LogP contribution in [0.15, 0.2) is 68.9 Å². The molecule has 0 saturated heterocycles. The van der Waals surface area contributed by atoms with Crippen LogP contribution in [-0.2, 0) is 6.61 Å². The molecule has 0 saturated carbocycles. The Labute approximate surface area is 207 Å². The summed E-state index contributed by atoms with van der Waals surface area (Å²) in [6.45, 7) is 2.62. The van der Waals surface area contributed by atoms with E-state index in [1.807, 2.05) is 30.3 Å². The fraction of sp³-hybridized carbons (Fsp3) is 0.160. The average Bonchev–Trinajstić information content (AvgIpc) is 3.24. The first kappa shape index (κ1) is 21.7. The molecular formula is C25H18Br2N2O4. The van der Waals surface area contributed by atoms with Crippen molar-refractivity contribution < 1.29 is 18.9 Å². The predicted octanol–water partition coefficient (Wildman–Crippen LogP) is 6.05. The summed E-state index contributed by atoms with van der Waals surface area (Å²) in [5.74, 6) is 2.03. The van der Waals surface area contributed by atoms with Crippen molar-refractivity contribution in [1.82, 2.24) is 0 Å². The third-order valence-electron chi connectivity index (χ3n) is 5.57. The van der Waals surface area contributed by atoms with E-state index >= 15 is 0 Å². The van der Waals surface area contributed by atoms with E-state index in [9.17, 15) is 5.26 Å². The van der Waals surface area contributed by atoms with E-state index in [1.165, 1.54) is 5.56 Å². The molecule has 0 fully saturated rings. The Morgan fingerprint density at radius 2 is 1.70 bits per heavy atom. The number of rotatable bonds is 4. The first-order valence-corrected chi connectivity index (χ1v) is 11.7. The molecule has 2 aliphatic heterocycles. The molecule has 5 rings (SSSR count). The van der Waals surface area contributed by atoms with Crippen LogP contribution in [0.2, 0.25) is 0 Å². The van der Waals surface area contributed by atoms with Crippen LogP contribution in [0.5, 0.6) is 23.0 Å². The number of nitriles is 1. The highest BCUT2D eigenvalue weighted by atomic mass is 79.9. The lowest BCUT2D eigenvalue weighted by atomic mass is 9.83. The Morgan fingerprint density at radius 1 is 1.03 bits per heavy atom. The van der Waals surface area contributed by atoms with Crippen molar-refractivity contribution in [1.29, 1.82) is 5.26 Å². The number of hydrogen-bond donors (Lipinski definition) is 1. The normalized spacial score (nSPS) is 16.1. The van der Waals surface area contributed by atoms with Gasteiger partial charge in [-0.05, 0) is 68.1 Å². The molecule has 33 heavy (non-hydrogen) atoms. The number of nitrogens with two attached hydrogens (primary N) is 1. The molecule has 0 amide bonds. The predicted molar refractivity (Wildman–Crippen MR) is 129 cm³/mol. The lowest BCUT2D eigenvalue weighted by Crippen LogP contribution is -2.21. The Hall–Kier alpha value is -3.15. The molecule has 0 radical (unpaired) electrons. The van der Waals surface area contributed by atoms with Gasteiger partial charge in [-0.3, -0.25) is 0 Å². The third kappa shape index (κ3) is 4.03. The van der Waals surface area contributed by atoms with Crippen LogP contribution in [0.25, 0.3) is 0 Å². The van der Waals surface area contributed by atoms with Gasteiger partial charge >= 0.3 is 0 Å². The standard InChI is InChI=1S/C25H18Br2N2O4/c1-13-2-4-14(5-3-13)11-30-24-18(26)6-15(7-19(24)27)23-16-8-21-22(32-12-31-21)9-20(16)33-25(29)17(23)10-28/h2-9,23H,11-12,29H2,1H3/t23-/m1/s1. The maximum atomic E-state index is 9.86. The minimum atomic E-state index is -0.438. The van der Waals surface area contributed by atoms with Crippen molar-refractivity contribution in [2.75, 3.05) is 6.79 Å². The highest BCUT2D eigenvalue weighted by Gasteiger charge is 2.34. The SMILES string of the molecule is Cc1ccc(COc2c(Br)cc([C@H]3C(C#N)=C(N)Oc4cc5c(cc43)OCO5)cc2Br)cc1. The second-order valence-electron chi connectivity index (χ2n) is 7.76. The molecule has 2 aliphatic rings. The number of aryl methyl sites for hydroxylation is 1. The summed E-state index contributed by atoms with van der Waals surface area (Å²) in [4.78, 5) is 0. The first-order chi connectivity index (χ1) is 15.9. The van der Waals surface area contributed by atoms with E-state index in [4.69, 9.17) is 24.7 Å². The Balaban J connectivity index is 1.52. The van der Waals surface area contributed by atoms with Crippen molar-refractivity contribution >= 4 is 31.9 Å². The monoisotopic (exact) mass is 568 g/mol. The molecule has 0 bridgehead atoms. The van der Waals surface area contributed by atoms with Gasteiger partial charge in [0.1, 0.15) is 29.7 Å². The molecule has 3 aromatic rings. The largest absolute Gasteiger partial charge is 0.487 e. The molecule has 0 aliphatic carbocycles. The number of hydrogen-bond acceptors (Lipinski definition) is 6. The number of nitrogens with zero attached hydrogens (tertiary/aromatic N) is 1. The molecule has 3 aromatic carbocycles. The third-order valence-corrected chi connectivity index (χ3v) is 6.75. The molecule has 0 unspecified atom stereocenters. The van der Waals surface area contributed by atoms with E-state index in [0.29, 0.717) is 35.2 Å². The molecule has 2 N–H and O–H groups in total. The summed E-state index contributed by atoms with van der Waals surface area (Å²) in [5, 5.41) is 9.86. The van der Waals surface area contributed by atoms with Crippen molar-refractivity contribution in [3.63, 3.8) is 0 Å². The first-order valence-electron chi connectivity index (χ1n) is 10.1. The van der Waals surface area contributed by atoms with Crippen molar-refractivity contribution in [2.24, 2.45) is 5.73 Å². The van der Waals surface area contributed by atoms with E-state index < -0.39 is 5.92 Å². The van der Waals surface area contributed by atoms with Crippen LogP contribution in [0.1, 0.15) is 28.2 Å². The minimum Gasteiger partial charge on any atom is -0.487 e. The van der Waals surface area contributed by atoms with Crippen molar-refractivity contribution in [3.05, 3.63) is 91.2 Å². The highest BCUT2D eigenvalue weighted by molar-refractivity contribution is 9.11. The quantitative estimate of drug-likeness (QED) is 0.412. The van der Waals surface area contributed by atoms with Gasteiger partial charge < -0.3 is 24.7 Å². The lowest BCUT2D eigenvalue weighted by molar-refractivity contribution is 0.174. The topological polar surface area (TPSA) is 86.7 Å². The number of fused-ring (bicyclic) bond motifs is 2. The maximum absolute atomic E-state index is 9.86. The summed E-state index contributed by atoms with van der Waals surface area (Å²) in [6.07, 6.45) is 0. The van der Waals surface area contributed by atoms with Gasteiger partial charge in [0.05, 0.1) is 14.9 Å². The van der Waals surface area contributed by atoms with Gasteiger partial charge in [0, 0.05) is 11.6 Å². The highest BCUT2D eigenvalue weighted by Crippen LogP contribution is 2.49. The number of benzene rings is 3. The van der Waals surface area contributed by atoms with Crippen molar-refractivity contribution in [2.45, 2.75) is 19.4 Å². The summed E-state index contributed by atoms with van der Waals surface area (Å²) in [6, 6.07) is 17.9. The van der Waals surface area contributed by atoms with Crippen LogP contribution in [-0.4, -0.2) is 6.79 Å². The van der Waals surface area contributed by atoms with Crippen LogP contribution in [0.3, 0.4) is 0 Å². The van der Waals surface area contributed by atoms with Gasteiger partial charge in [0.15, 0.2) is 11.5 Å². The van der Waals surface area contributed by atoms with Gasteiger partial charge in [-0.2, -0.15) is 5.26 Å². The van der Waals surface area contributed by atoms with Crippen LogP contribution in [0.4, 0.5) is 0 Å². The van der Waals surface area contributed by atoms with Gasteiger partial charge in [-0.1, -0.05) is 29.8 Å². The fourth-order valence-electron chi connectivity index (χ4n) is 3.91. The molecule has 1 atom stereocenters. The second kappa shape index (κ2) is 8.65. The maximum Gasteiger partial charge on any atom is 0.231 e. The summed E-state index contributed by atoms with van der Waals surface area (Å²) in [5.41, 5.74) is 10.3. The molecule has 6 nitrogen and oxygen atoms in total. The smallest absolute Gasteiger partial charge is 0.231 e. The van der Waals surface area contributed by atoms with E-state index in [-0.39, 0.29) is 12.7 Å². The zero-order chi connectivity index (χ0) is 23.1. The van der Waals surface area contributed by atoms with Crippen molar-refractivity contribution in [3.8, 4) is 29.1 Å². The molecule has 2 heterocycles. The number of halogens is 2. The second-order valence-corrected chi connectivity index (χ2v) is 9.46. The number of allylic oxidation sites excluding steroid dienone is 1. The minimum absolute atomic E-state index is 0.0702.